The summed E-state index contributed by atoms with van der Waals surface area (Å²) in [6.45, 7) is 34.3. The highest BCUT2D eigenvalue weighted by Gasteiger charge is 2.47. The highest BCUT2D eigenvalue weighted by molar-refractivity contribution is 6.94. The number of nitrogens with zero attached hydrogens (tertiary/aromatic N) is 3. The van der Waals surface area contributed by atoms with E-state index in [1.807, 2.05) is 0 Å². The van der Waals surface area contributed by atoms with Crippen LogP contribution in [-0.2, 0) is 27.1 Å². The predicted molar refractivity (Wildman–Crippen MR) is 343 cm³/mol. The van der Waals surface area contributed by atoms with Gasteiger partial charge in [-0.3, -0.25) is 0 Å². The molecule has 2 aliphatic heterocycles. The first kappa shape index (κ1) is 50.3. The Bertz CT molecular complexity index is 4470. The first-order valence-electron chi connectivity index (χ1n) is 28.9. The second kappa shape index (κ2) is 16.8. The molecule has 2 aliphatic rings. The normalized spacial score (nSPS) is 13.9. The van der Waals surface area contributed by atoms with Crippen molar-refractivity contribution in [3.63, 3.8) is 0 Å². The Balaban J connectivity index is 1.09. The largest absolute Gasteiger partial charge is 0.456 e. The van der Waals surface area contributed by atoms with Crippen LogP contribution >= 0.6 is 0 Å². The molecule has 0 saturated carbocycles. The number of fused-ring (bicyclic) bond motifs is 16. The summed E-state index contributed by atoms with van der Waals surface area (Å²) in [6.07, 6.45) is 0. The zero-order valence-electron chi connectivity index (χ0n) is 49.3. The smallest absolute Gasteiger partial charge is 0.333 e. The summed E-state index contributed by atoms with van der Waals surface area (Å²) >= 11 is 0. The minimum atomic E-state index is -0.217. The molecule has 0 atom stereocenters. The van der Waals surface area contributed by atoms with E-state index in [1.54, 1.807) is 0 Å². The standard InChI is InChI=1S/C74H72BN3O2/c1-70(2,3)43-20-28-48(29-21-43)76(49-30-22-44(23-31-49)71(4,5)6)51-34-35-52-54-41-56-60(42-63(54)79-62(52)40-51)78(50-32-24-45(25-33-50)72(7,8)9)75-57-39-47(74(13,14)15)27-37-59(57)77-58-36-26-46(73(10,11)12)38-55(58)64-65-53-18-16-17-19-61(53)80-69(65)66(56)67(75)68(64)77/h16-42H,1-15H3. The minimum Gasteiger partial charge on any atom is -0.456 e. The lowest BCUT2D eigenvalue weighted by molar-refractivity contribution is 0.590. The van der Waals surface area contributed by atoms with Gasteiger partial charge in [-0.2, -0.15) is 0 Å². The van der Waals surface area contributed by atoms with Crippen molar-refractivity contribution in [3.8, 4) is 16.8 Å². The van der Waals surface area contributed by atoms with E-state index >= 15 is 0 Å². The number of anilines is 5. The van der Waals surface area contributed by atoms with Crippen molar-refractivity contribution in [3.05, 3.63) is 192 Å². The third kappa shape index (κ3) is 7.57. The number of benzene rings is 9. The van der Waals surface area contributed by atoms with Crippen molar-refractivity contribution < 1.29 is 8.83 Å². The molecule has 0 aliphatic carbocycles. The number of hydrogen-bond acceptors (Lipinski definition) is 4. The molecule has 0 bridgehead atoms. The van der Waals surface area contributed by atoms with E-state index in [1.165, 1.54) is 71.6 Å². The zero-order valence-corrected chi connectivity index (χ0v) is 49.3. The lowest BCUT2D eigenvalue weighted by Gasteiger charge is -2.42. The lowest BCUT2D eigenvalue weighted by atomic mass is 9.43. The van der Waals surface area contributed by atoms with Gasteiger partial charge in [-0.15, -0.1) is 0 Å². The maximum absolute atomic E-state index is 7.41. The third-order valence-corrected chi connectivity index (χ3v) is 17.7. The lowest BCUT2D eigenvalue weighted by Crippen LogP contribution is -2.60. The number of rotatable bonds is 4. The first-order valence-corrected chi connectivity index (χ1v) is 28.9. The van der Waals surface area contributed by atoms with E-state index in [9.17, 15) is 0 Å². The molecule has 398 valence electrons. The number of hydrogen-bond donors (Lipinski definition) is 0. The van der Waals surface area contributed by atoms with Crippen LogP contribution < -0.4 is 20.6 Å². The molecular formula is C74H72BN3O2. The van der Waals surface area contributed by atoms with Crippen molar-refractivity contribution >= 4 is 112 Å². The summed E-state index contributed by atoms with van der Waals surface area (Å²) in [7, 11) is 0. The van der Waals surface area contributed by atoms with Crippen LogP contribution in [0.2, 0.25) is 0 Å². The molecule has 5 nitrogen and oxygen atoms in total. The fraction of sp³-hybridized carbons (Fsp3) is 0.270. The molecule has 5 heterocycles. The summed E-state index contributed by atoms with van der Waals surface area (Å²) in [6, 6.07) is 62.3. The SMILES string of the molecule is CC(C)(C)c1ccc(N2B3c4cc(C(C)(C)C)ccc4-n4c5ccc(C(C)(C)C)cc5c5c6c(oc7ccccc76)c(c3c54)-c3cc4c(cc32)oc2cc(N(c3ccc(C(C)(C)C)cc3)c3ccc(C(C)(C)C)cc3)ccc24)cc1. The van der Waals surface area contributed by atoms with Gasteiger partial charge in [-0.1, -0.05) is 177 Å². The van der Waals surface area contributed by atoms with Crippen molar-refractivity contribution in [2.75, 3.05) is 9.71 Å². The van der Waals surface area contributed by atoms with Crippen LogP contribution in [0.3, 0.4) is 0 Å². The second-order valence-electron chi connectivity index (χ2n) is 28.3. The van der Waals surface area contributed by atoms with Crippen LogP contribution in [0.4, 0.5) is 28.4 Å². The van der Waals surface area contributed by atoms with Gasteiger partial charge in [-0.25, -0.2) is 0 Å². The summed E-state index contributed by atoms with van der Waals surface area (Å²) in [5.41, 5.74) is 23.8. The maximum Gasteiger partial charge on any atom is 0.333 e. The monoisotopic (exact) mass is 1050 g/mol. The van der Waals surface area contributed by atoms with Crippen molar-refractivity contribution in [2.45, 2.75) is 131 Å². The molecule has 14 rings (SSSR count). The molecule has 3 aromatic heterocycles. The highest BCUT2D eigenvalue weighted by atomic mass is 16.3. The number of aromatic nitrogens is 1. The van der Waals surface area contributed by atoms with Gasteiger partial charge >= 0.3 is 6.85 Å². The first-order chi connectivity index (χ1) is 37.8. The van der Waals surface area contributed by atoms with E-state index in [-0.39, 0.29) is 33.9 Å². The fourth-order valence-electron chi connectivity index (χ4n) is 13.2. The van der Waals surface area contributed by atoms with E-state index < -0.39 is 0 Å². The van der Waals surface area contributed by atoms with Crippen LogP contribution in [0, 0.1) is 0 Å². The Morgan fingerprint density at radius 3 is 1.55 bits per heavy atom. The predicted octanol–water partition coefficient (Wildman–Crippen LogP) is 19.8. The second-order valence-corrected chi connectivity index (χ2v) is 28.3. The van der Waals surface area contributed by atoms with Crippen LogP contribution in [0.15, 0.2) is 173 Å². The molecule has 0 unspecified atom stereocenters. The van der Waals surface area contributed by atoms with Gasteiger partial charge in [0.15, 0.2) is 0 Å². The van der Waals surface area contributed by atoms with Gasteiger partial charge in [0, 0.05) is 89.7 Å². The van der Waals surface area contributed by atoms with E-state index in [0.717, 1.165) is 78.1 Å². The number of furan rings is 2. The van der Waals surface area contributed by atoms with Gasteiger partial charge in [0.25, 0.3) is 0 Å². The van der Waals surface area contributed by atoms with Crippen molar-refractivity contribution in [2.24, 2.45) is 0 Å². The topological polar surface area (TPSA) is 37.7 Å². The average Bonchev–Trinajstić information content (AvgIpc) is 4.25. The molecule has 12 aromatic rings. The Kier molecular flexibility index (Phi) is 10.6. The van der Waals surface area contributed by atoms with Crippen LogP contribution in [0.1, 0.15) is 132 Å². The molecule has 0 radical (unpaired) electrons. The minimum absolute atomic E-state index is 0.0173. The summed E-state index contributed by atoms with van der Waals surface area (Å²) < 4.78 is 17.3. The molecule has 0 amide bonds. The molecule has 80 heavy (non-hydrogen) atoms. The van der Waals surface area contributed by atoms with E-state index in [4.69, 9.17) is 8.83 Å². The summed E-state index contributed by atoms with van der Waals surface area (Å²) in [4.78, 5) is 5.00. The molecular weight excluding hydrogens is 974 g/mol. The zero-order chi connectivity index (χ0) is 55.9. The van der Waals surface area contributed by atoms with Gasteiger partial charge in [-0.05, 0) is 145 Å². The fourth-order valence-corrected chi connectivity index (χ4v) is 13.2. The Morgan fingerprint density at radius 1 is 0.400 bits per heavy atom. The maximum atomic E-state index is 7.41. The molecule has 6 heteroatoms. The molecule has 0 saturated heterocycles. The van der Waals surface area contributed by atoms with Crippen LogP contribution in [-0.4, -0.2) is 11.4 Å². The third-order valence-electron chi connectivity index (χ3n) is 17.7. The highest BCUT2D eigenvalue weighted by Crippen LogP contribution is 2.53. The van der Waals surface area contributed by atoms with E-state index in [2.05, 4.69) is 282 Å². The van der Waals surface area contributed by atoms with Gasteiger partial charge in [0.1, 0.15) is 22.3 Å². The Morgan fingerprint density at radius 2 is 0.938 bits per heavy atom. The Labute approximate surface area is 471 Å². The average molecular weight is 1050 g/mol. The summed E-state index contributed by atoms with van der Waals surface area (Å²) in [5, 5.41) is 6.94. The number of para-hydroxylation sites is 1. The van der Waals surface area contributed by atoms with E-state index in [0.29, 0.717) is 0 Å². The van der Waals surface area contributed by atoms with Gasteiger partial charge < -0.3 is 23.1 Å². The quantitative estimate of drug-likeness (QED) is 0.165. The van der Waals surface area contributed by atoms with Crippen LogP contribution in [0.5, 0.6) is 0 Å². The summed E-state index contributed by atoms with van der Waals surface area (Å²) in [5.74, 6) is 0. The molecule has 0 fully saturated rings. The Hall–Kier alpha value is -7.96. The van der Waals surface area contributed by atoms with Crippen molar-refractivity contribution in [1.29, 1.82) is 0 Å². The van der Waals surface area contributed by atoms with Crippen LogP contribution in [0.25, 0.3) is 82.5 Å². The van der Waals surface area contributed by atoms with Crippen molar-refractivity contribution in [1.82, 2.24) is 4.57 Å². The molecule has 9 aromatic carbocycles. The van der Waals surface area contributed by atoms with Gasteiger partial charge in [0.2, 0.25) is 0 Å². The molecule has 0 spiro atoms. The molecule has 0 N–H and O–H groups in total. The van der Waals surface area contributed by atoms with Gasteiger partial charge in [0.05, 0.1) is 11.0 Å².